The Bertz CT molecular complexity index is 882. The molecule has 0 bridgehead atoms. The molecule has 0 N–H and O–H groups in total. The van der Waals surface area contributed by atoms with Gasteiger partial charge in [0.1, 0.15) is 17.3 Å². The molecule has 2 aromatic rings. The summed E-state index contributed by atoms with van der Waals surface area (Å²) in [6.07, 6.45) is 6.38. The zero-order valence-corrected chi connectivity index (χ0v) is 16.5. The molecule has 2 aliphatic rings. The van der Waals surface area contributed by atoms with E-state index in [1.807, 2.05) is 17.0 Å². The van der Waals surface area contributed by atoms with Gasteiger partial charge in [-0.1, -0.05) is 11.6 Å². The van der Waals surface area contributed by atoms with Gasteiger partial charge in [-0.15, -0.1) is 0 Å². The van der Waals surface area contributed by atoms with E-state index in [-0.39, 0.29) is 24.5 Å². The number of carbonyl (C=O) groups excluding carboxylic acids is 2. The first-order chi connectivity index (χ1) is 13.6. The van der Waals surface area contributed by atoms with Gasteiger partial charge in [-0.25, -0.2) is 0 Å². The maximum Gasteiger partial charge on any atom is 0.261 e. The van der Waals surface area contributed by atoms with Gasteiger partial charge in [0.15, 0.2) is 6.61 Å². The fraction of sp³-hybridized carbons (Fsp3) is 0.476. The highest BCUT2D eigenvalue weighted by Crippen LogP contribution is 2.30. The first-order valence-corrected chi connectivity index (χ1v) is 10.3. The maximum atomic E-state index is 12.9. The number of benzene rings is 1. The molecule has 7 heteroatoms. The number of pyridine rings is 1. The molecule has 0 radical (unpaired) electrons. The standard InChI is InChI=1S/C21H24ClN3O3/c22-16-8-9-18(20-15(16)6-5-10-23-20)28-14-19(26)25-13-2-1-7-17(25)21(27)24-11-3-4-12-24/h5-6,8-10,17H,1-4,7,11-14H2. The molecule has 148 valence electrons. The lowest BCUT2D eigenvalue weighted by atomic mass is 10.0. The van der Waals surface area contributed by atoms with Crippen LogP contribution in [0.25, 0.3) is 10.9 Å². The molecule has 1 aromatic heterocycles. The fourth-order valence-corrected chi connectivity index (χ4v) is 4.30. The topological polar surface area (TPSA) is 62.7 Å². The van der Waals surface area contributed by atoms with E-state index in [1.54, 1.807) is 23.2 Å². The largest absolute Gasteiger partial charge is 0.481 e. The minimum Gasteiger partial charge on any atom is -0.481 e. The SMILES string of the molecule is O=C(C1CCCCN1C(=O)COc1ccc(Cl)c2cccnc12)N1CCCC1. The number of ether oxygens (including phenoxy) is 1. The monoisotopic (exact) mass is 401 g/mol. The molecule has 2 amide bonds. The van der Waals surface area contributed by atoms with E-state index in [1.165, 1.54) is 0 Å². The highest BCUT2D eigenvalue weighted by atomic mass is 35.5. The predicted octanol–water partition coefficient (Wildman–Crippen LogP) is 3.27. The first-order valence-electron chi connectivity index (χ1n) is 9.89. The number of aromatic nitrogens is 1. The second kappa shape index (κ2) is 8.35. The molecule has 1 unspecified atom stereocenters. The van der Waals surface area contributed by atoms with Gasteiger partial charge in [-0.2, -0.15) is 0 Å². The lowest BCUT2D eigenvalue weighted by Crippen LogP contribution is -2.53. The van der Waals surface area contributed by atoms with E-state index >= 15 is 0 Å². The van der Waals surface area contributed by atoms with Crippen molar-refractivity contribution in [3.8, 4) is 5.75 Å². The molecule has 2 aliphatic heterocycles. The van der Waals surface area contributed by atoms with E-state index in [9.17, 15) is 9.59 Å². The molecule has 2 fully saturated rings. The summed E-state index contributed by atoms with van der Waals surface area (Å²) in [6, 6.07) is 6.79. The molecular formula is C21H24ClN3O3. The van der Waals surface area contributed by atoms with E-state index in [0.29, 0.717) is 22.8 Å². The van der Waals surface area contributed by atoms with Crippen LogP contribution in [0.5, 0.6) is 5.75 Å². The van der Waals surface area contributed by atoms with Crippen LogP contribution in [0.2, 0.25) is 5.02 Å². The number of hydrogen-bond acceptors (Lipinski definition) is 4. The summed E-state index contributed by atoms with van der Waals surface area (Å²) in [5.41, 5.74) is 0.631. The smallest absolute Gasteiger partial charge is 0.261 e. The van der Waals surface area contributed by atoms with Crippen LogP contribution in [0.1, 0.15) is 32.1 Å². The summed E-state index contributed by atoms with van der Waals surface area (Å²) in [5, 5.41) is 1.38. The Balaban J connectivity index is 1.46. The minimum atomic E-state index is -0.358. The van der Waals surface area contributed by atoms with Crippen LogP contribution in [0.3, 0.4) is 0 Å². The molecule has 28 heavy (non-hydrogen) atoms. The third kappa shape index (κ3) is 3.78. The number of halogens is 1. The quantitative estimate of drug-likeness (QED) is 0.788. The summed E-state index contributed by atoms with van der Waals surface area (Å²) in [4.78, 5) is 33.7. The molecule has 0 saturated carbocycles. The normalized spacial score (nSPS) is 19.8. The number of nitrogens with zero attached hydrogens (tertiary/aromatic N) is 3. The van der Waals surface area contributed by atoms with Crippen molar-refractivity contribution in [3.05, 3.63) is 35.5 Å². The van der Waals surface area contributed by atoms with Crippen LogP contribution in [0.15, 0.2) is 30.5 Å². The summed E-state index contributed by atoms with van der Waals surface area (Å²) in [6.45, 7) is 2.09. The van der Waals surface area contributed by atoms with Gasteiger partial charge in [-0.05, 0) is 56.4 Å². The Labute approximate surface area is 169 Å². The number of likely N-dealkylation sites (tertiary alicyclic amines) is 2. The molecule has 0 spiro atoms. The lowest BCUT2D eigenvalue weighted by molar-refractivity contribution is -0.148. The van der Waals surface area contributed by atoms with Crippen LogP contribution in [-0.2, 0) is 9.59 Å². The highest BCUT2D eigenvalue weighted by molar-refractivity contribution is 6.35. The summed E-state index contributed by atoms with van der Waals surface area (Å²) in [7, 11) is 0. The number of fused-ring (bicyclic) bond motifs is 1. The zero-order chi connectivity index (χ0) is 19.5. The van der Waals surface area contributed by atoms with Crippen LogP contribution in [-0.4, -0.2) is 58.9 Å². The Morgan fingerprint density at radius 3 is 2.71 bits per heavy atom. The fourth-order valence-electron chi connectivity index (χ4n) is 4.09. The number of piperidine rings is 1. The van der Waals surface area contributed by atoms with Crippen LogP contribution in [0, 0.1) is 0 Å². The van der Waals surface area contributed by atoms with Crippen LogP contribution in [0.4, 0.5) is 0 Å². The molecule has 4 rings (SSSR count). The number of rotatable bonds is 4. The number of carbonyl (C=O) groups is 2. The first kappa shape index (κ1) is 19.0. The van der Waals surface area contributed by atoms with E-state index in [4.69, 9.17) is 16.3 Å². The molecule has 1 aromatic carbocycles. The molecule has 2 saturated heterocycles. The third-order valence-corrected chi connectivity index (χ3v) is 5.89. The third-order valence-electron chi connectivity index (χ3n) is 5.56. The Kier molecular flexibility index (Phi) is 5.67. The summed E-state index contributed by atoms with van der Waals surface area (Å²) < 4.78 is 5.81. The van der Waals surface area contributed by atoms with Gasteiger partial charge in [-0.3, -0.25) is 14.6 Å². The van der Waals surface area contributed by atoms with Gasteiger partial charge in [0.2, 0.25) is 5.91 Å². The van der Waals surface area contributed by atoms with Crippen LogP contribution < -0.4 is 4.74 Å². The Morgan fingerprint density at radius 1 is 1.11 bits per heavy atom. The van der Waals surface area contributed by atoms with Crippen LogP contribution >= 0.6 is 11.6 Å². The van der Waals surface area contributed by atoms with Gasteiger partial charge in [0, 0.05) is 31.2 Å². The molecular weight excluding hydrogens is 378 g/mol. The number of amides is 2. The second-order valence-electron chi connectivity index (χ2n) is 7.36. The predicted molar refractivity (Wildman–Crippen MR) is 107 cm³/mol. The van der Waals surface area contributed by atoms with Crippen molar-refractivity contribution >= 4 is 34.3 Å². The number of hydrogen-bond donors (Lipinski definition) is 0. The van der Waals surface area contributed by atoms with Gasteiger partial charge < -0.3 is 14.5 Å². The Morgan fingerprint density at radius 2 is 1.89 bits per heavy atom. The minimum absolute atomic E-state index is 0.0872. The average Bonchev–Trinajstić information content (AvgIpc) is 3.28. The van der Waals surface area contributed by atoms with Crippen molar-refractivity contribution in [2.75, 3.05) is 26.2 Å². The zero-order valence-electron chi connectivity index (χ0n) is 15.8. The van der Waals surface area contributed by atoms with Crippen molar-refractivity contribution in [3.63, 3.8) is 0 Å². The molecule has 1 atom stereocenters. The van der Waals surface area contributed by atoms with E-state index in [0.717, 1.165) is 50.6 Å². The summed E-state index contributed by atoms with van der Waals surface area (Å²) in [5.74, 6) is 0.452. The van der Waals surface area contributed by atoms with Crippen molar-refractivity contribution in [2.24, 2.45) is 0 Å². The van der Waals surface area contributed by atoms with Crippen molar-refractivity contribution in [2.45, 2.75) is 38.1 Å². The lowest BCUT2D eigenvalue weighted by Gasteiger charge is -2.36. The van der Waals surface area contributed by atoms with Gasteiger partial charge in [0.05, 0.1) is 5.02 Å². The summed E-state index contributed by atoms with van der Waals surface area (Å²) >= 11 is 6.22. The van der Waals surface area contributed by atoms with Crippen molar-refractivity contribution in [1.29, 1.82) is 0 Å². The van der Waals surface area contributed by atoms with Crippen molar-refractivity contribution in [1.82, 2.24) is 14.8 Å². The van der Waals surface area contributed by atoms with E-state index in [2.05, 4.69) is 4.98 Å². The van der Waals surface area contributed by atoms with Gasteiger partial charge in [0.25, 0.3) is 5.91 Å². The molecule has 3 heterocycles. The Hall–Kier alpha value is -2.34. The second-order valence-corrected chi connectivity index (χ2v) is 7.77. The van der Waals surface area contributed by atoms with Crippen molar-refractivity contribution < 1.29 is 14.3 Å². The highest BCUT2D eigenvalue weighted by Gasteiger charge is 2.35. The van der Waals surface area contributed by atoms with Gasteiger partial charge >= 0.3 is 0 Å². The maximum absolute atomic E-state index is 12.9. The average molecular weight is 402 g/mol. The molecule has 0 aliphatic carbocycles. The van der Waals surface area contributed by atoms with E-state index < -0.39 is 0 Å². The molecule has 6 nitrogen and oxygen atoms in total.